The van der Waals surface area contributed by atoms with Crippen molar-refractivity contribution in [1.82, 2.24) is 9.29 Å². The van der Waals surface area contributed by atoms with Gasteiger partial charge in [0.15, 0.2) is 5.82 Å². The molecule has 114 valence electrons. The zero-order chi connectivity index (χ0) is 15.8. The van der Waals surface area contributed by atoms with Crippen LogP contribution in [-0.2, 0) is 16.6 Å². The highest BCUT2D eigenvalue weighted by molar-refractivity contribution is 7.89. The van der Waals surface area contributed by atoms with Gasteiger partial charge in [0.1, 0.15) is 4.90 Å². The maximum absolute atomic E-state index is 14.0. The van der Waals surface area contributed by atoms with Gasteiger partial charge in [-0.3, -0.25) is 0 Å². The summed E-state index contributed by atoms with van der Waals surface area (Å²) in [4.78, 5) is 4.31. The standard InChI is InChI=1S/C12H13ClFN3O2S2/c1-7-10(20-6-16-7)5-17(2)21(18,19)11-4-8(15)3-9(13)12(11)14/h3-4,6H,5,15H2,1-2H3. The van der Waals surface area contributed by atoms with Crippen LogP contribution < -0.4 is 5.73 Å². The summed E-state index contributed by atoms with van der Waals surface area (Å²) in [5, 5.41) is -0.323. The van der Waals surface area contributed by atoms with Crippen LogP contribution in [0.15, 0.2) is 22.5 Å². The van der Waals surface area contributed by atoms with Crippen molar-refractivity contribution in [3.05, 3.63) is 39.1 Å². The summed E-state index contributed by atoms with van der Waals surface area (Å²) in [6.45, 7) is 1.88. The number of aromatic nitrogens is 1. The molecule has 0 saturated carbocycles. The summed E-state index contributed by atoms with van der Waals surface area (Å²) in [7, 11) is -2.67. The highest BCUT2D eigenvalue weighted by atomic mass is 35.5. The van der Waals surface area contributed by atoms with Crippen molar-refractivity contribution in [3.63, 3.8) is 0 Å². The minimum absolute atomic E-state index is 0.0855. The number of benzene rings is 1. The highest BCUT2D eigenvalue weighted by Gasteiger charge is 2.27. The van der Waals surface area contributed by atoms with Gasteiger partial charge in [-0.05, 0) is 19.1 Å². The molecule has 1 heterocycles. The first-order valence-corrected chi connectivity index (χ1v) is 8.53. The number of halogens is 2. The Kier molecular flexibility index (Phi) is 4.52. The van der Waals surface area contributed by atoms with Crippen LogP contribution in [0.2, 0.25) is 5.02 Å². The molecule has 0 aliphatic rings. The Morgan fingerprint density at radius 2 is 2.14 bits per heavy atom. The number of anilines is 1. The van der Waals surface area contributed by atoms with Crippen LogP contribution >= 0.6 is 22.9 Å². The van der Waals surface area contributed by atoms with E-state index in [0.717, 1.165) is 20.9 Å². The average Bonchev–Trinajstić information content (AvgIpc) is 2.79. The highest BCUT2D eigenvalue weighted by Crippen LogP contribution is 2.28. The SMILES string of the molecule is Cc1ncsc1CN(C)S(=O)(=O)c1cc(N)cc(Cl)c1F. The Morgan fingerprint density at radius 3 is 2.71 bits per heavy atom. The van der Waals surface area contributed by atoms with Crippen molar-refractivity contribution in [1.29, 1.82) is 0 Å². The van der Waals surface area contributed by atoms with Gasteiger partial charge >= 0.3 is 0 Å². The molecule has 0 unspecified atom stereocenters. The van der Waals surface area contributed by atoms with E-state index in [-0.39, 0.29) is 17.3 Å². The fraction of sp³-hybridized carbons (Fsp3) is 0.250. The first-order valence-electron chi connectivity index (χ1n) is 5.83. The lowest BCUT2D eigenvalue weighted by atomic mass is 10.3. The Labute approximate surface area is 131 Å². The minimum atomic E-state index is -4.03. The van der Waals surface area contributed by atoms with Crippen LogP contribution in [0.1, 0.15) is 10.6 Å². The number of hydrogen-bond donors (Lipinski definition) is 1. The van der Waals surface area contributed by atoms with Gasteiger partial charge in [-0.2, -0.15) is 4.31 Å². The summed E-state index contributed by atoms with van der Waals surface area (Å²) in [5.74, 6) is -1.00. The molecular formula is C12H13ClFN3O2S2. The predicted molar refractivity (Wildman–Crippen MR) is 81.3 cm³/mol. The fourth-order valence-corrected chi connectivity index (χ4v) is 4.16. The number of sulfonamides is 1. The van der Waals surface area contributed by atoms with Crippen LogP contribution in [0.25, 0.3) is 0 Å². The normalized spacial score (nSPS) is 12.0. The number of nitrogens with zero attached hydrogens (tertiary/aromatic N) is 2. The Bertz CT molecular complexity index is 777. The maximum atomic E-state index is 14.0. The van der Waals surface area contributed by atoms with Crippen LogP contribution in [0, 0.1) is 12.7 Å². The summed E-state index contributed by atoms with van der Waals surface area (Å²) >= 11 is 6.99. The topological polar surface area (TPSA) is 76.3 Å². The van der Waals surface area contributed by atoms with Crippen molar-refractivity contribution in [2.75, 3.05) is 12.8 Å². The van der Waals surface area contributed by atoms with Gasteiger partial charge in [0.2, 0.25) is 10.0 Å². The van der Waals surface area contributed by atoms with E-state index in [1.165, 1.54) is 24.5 Å². The van der Waals surface area contributed by atoms with E-state index < -0.39 is 20.7 Å². The second kappa shape index (κ2) is 5.88. The summed E-state index contributed by atoms with van der Waals surface area (Å²) in [6.07, 6.45) is 0. The molecule has 0 fully saturated rings. The lowest BCUT2D eigenvalue weighted by molar-refractivity contribution is 0.462. The van der Waals surface area contributed by atoms with Crippen molar-refractivity contribution in [2.24, 2.45) is 0 Å². The van der Waals surface area contributed by atoms with Crippen LogP contribution in [0.4, 0.5) is 10.1 Å². The lowest BCUT2D eigenvalue weighted by Crippen LogP contribution is -2.27. The maximum Gasteiger partial charge on any atom is 0.246 e. The summed E-state index contributed by atoms with van der Waals surface area (Å²) < 4.78 is 39.9. The molecule has 0 atom stereocenters. The molecule has 2 rings (SSSR count). The van der Waals surface area contributed by atoms with Crippen molar-refractivity contribution in [3.8, 4) is 0 Å². The number of rotatable bonds is 4. The van der Waals surface area contributed by atoms with Gasteiger partial charge in [0, 0.05) is 24.2 Å². The number of hydrogen-bond acceptors (Lipinski definition) is 5. The third-order valence-corrected chi connectivity index (χ3v) is 5.91. The molecule has 9 heteroatoms. The molecule has 21 heavy (non-hydrogen) atoms. The van der Waals surface area contributed by atoms with Crippen LogP contribution in [-0.4, -0.2) is 24.8 Å². The molecule has 0 spiro atoms. The van der Waals surface area contributed by atoms with E-state index in [9.17, 15) is 12.8 Å². The second-order valence-electron chi connectivity index (χ2n) is 4.44. The monoisotopic (exact) mass is 349 g/mol. The van der Waals surface area contributed by atoms with Crippen molar-refractivity contribution >= 4 is 38.6 Å². The van der Waals surface area contributed by atoms with E-state index in [2.05, 4.69) is 4.98 Å². The van der Waals surface area contributed by atoms with E-state index >= 15 is 0 Å². The molecule has 1 aromatic heterocycles. The lowest BCUT2D eigenvalue weighted by Gasteiger charge is -2.17. The van der Waals surface area contributed by atoms with E-state index in [0.29, 0.717) is 0 Å². The van der Waals surface area contributed by atoms with Gasteiger partial charge in [0.05, 0.1) is 16.2 Å². The Hall–Kier alpha value is -1.22. The molecule has 1 aromatic carbocycles. The molecule has 2 aromatic rings. The van der Waals surface area contributed by atoms with Gasteiger partial charge in [0.25, 0.3) is 0 Å². The van der Waals surface area contributed by atoms with Gasteiger partial charge < -0.3 is 5.73 Å². The quantitative estimate of drug-likeness (QED) is 0.861. The third-order valence-electron chi connectivity index (χ3n) is 2.92. The zero-order valence-corrected chi connectivity index (χ0v) is 13.7. The molecule has 5 nitrogen and oxygen atoms in total. The number of aryl methyl sites for hydroxylation is 1. The Morgan fingerprint density at radius 1 is 1.48 bits per heavy atom. The number of thiazole rings is 1. The second-order valence-corrected chi connectivity index (χ2v) is 7.80. The number of nitrogen functional groups attached to an aromatic ring is 1. The summed E-state index contributed by atoms with van der Waals surface area (Å²) in [6, 6.07) is 2.23. The first kappa shape index (κ1) is 16.2. The molecule has 0 bridgehead atoms. The molecule has 0 saturated heterocycles. The first-order chi connectivity index (χ1) is 9.73. The van der Waals surface area contributed by atoms with Gasteiger partial charge in [-0.15, -0.1) is 11.3 Å². The smallest absolute Gasteiger partial charge is 0.246 e. The van der Waals surface area contributed by atoms with Gasteiger partial charge in [-0.1, -0.05) is 11.6 Å². The molecule has 0 radical (unpaired) electrons. The third kappa shape index (κ3) is 3.18. The molecular weight excluding hydrogens is 337 g/mol. The molecule has 0 amide bonds. The molecule has 0 aliphatic carbocycles. The van der Waals surface area contributed by atoms with Gasteiger partial charge in [-0.25, -0.2) is 17.8 Å². The van der Waals surface area contributed by atoms with E-state index in [1.807, 2.05) is 0 Å². The van der Waals surface area contributed by atoms with E-state index in [1.54, 1.807) is 12.4 Å². The minimum Gasteiger partial charge on any atom is -0.399 e. The summed E-state index contributed by atoms with van der Waals surface area (Å²) in [5.41, 5.74) is 8.00. The fourth-order valence-electron chi connectivity index (χ4n) is 1.70. The van der Waals surface area contributed by atoms with Crippen LogP contribution in [0.3, 0.4) is 0 Å². The Balaban J connectivity index is 2.40. The number of nitrogens with two attached hydrogens (primary N) is 1. The predicted octanol–water partition coefficient (Wildman–Crippen LogP) is 2.65. The van der Waals surface area contributed by atoms with Crippen LogP contribution in [0.5, 0.6) is 0 Å². The molecule has 2 N–H and O–H groups in total. The van der Waals surface area contributed by atoms with Crippen molar-refractivity contribution in [2.45, 2.75) is 18.4 Å². The zero-order valence-electron chi connectivity index (χ0n) is 11.3. The van der Waals surface area contributed by atoms with Crippen molar-refractivity contribution < 1.29 is 12.8 Å². The van der Waals surface area contributed by atoms with E-state index in [4.69, 9.17) is 17.3 Å². The largest absolute Gasteiger partial charge is 0.399 e. The average molecular weight is 350 g/mol. The molecule has 0 aliphatic heterocycles.